The number of aryl methyl sites for hydroxylation is 1. The molecule has 14 heavy (non-hydrogen) atoms. The smallest absolute Gasteiger partial charge is 0.0406 e. The predicted octanol–water partition coefficient (Wildman–Crippen LogP) is 5.73. The van der Waals surface area contributed by atoms with E-state index in [9.17, 15) is 0 Å². The third kappa shape index (κ3) is 14.1. The normalized spacial score (nSPS) is 6.57. The zero-order chi connectivity index (χ0) is 12.0. The van der Waals surface area contributed by atoms with Crippen LogP contribution in [0.4, 0.5) is 0 Å². The molecular formula is C13H25Cl. The van der Waals surface area contributed by atoms with Crippen molar-refractivity contribution >= 4 is 11.6 Å². The molecule has 84 valence electrons. The quantitative estimate of drug-likeness (QED) is 0.520. The summed E-state index contributed by atoms with van der Waals surface area (Å²) in [6.07, 6.45) is 0. The lowest BCUT2D eigenvalue weighted by molar-refractivity contribution is 1.48. The Morgan fingerprint density at radius 1 is 0.714 bits per heavy atom. The standard InChI is InChI=1S/C7H7Cl.3C2H6/c1-6-2-4-7(8)5-3-6;3*1-2/h2-5H,1H3;3*1-2H3. The van der Waals surface area contributed by atoms with Crippen LogP contribution in [-0.2, 0) is 0 Å². The molecule has 1 rings (SSSR count). The number of hydrogen-bond acceptors (Lipinski definition) is 0. The van der Waals surface area contributed by atoms with Gasteiger partial charge in [-0.15, -0.1) is 0 Å². The summed E-state index contributed by atoms with van der Waals surface area (Å²) in [5.74, 6) is 0. The lowest BCUT2D eigenvalue weighted by atomic mass is 10.2. The van der Waals surface area contributed by atoms with Crippen molar-refractivity contribution in [3.05, 3.63) is 34.9 Å². The minimum absolute atomic E-state index is 0.801. The van der Waals surface area contributed by atoms with Crippen molar-refractivity contribution < 1.29 is 0 Å². The Morgan fingerprint density at radius 2 is 1.00 bits per heavy atom. The second kappa shape index (κ2) is 18.3. The second-order valence-corrected chi connectivity index (χ2v) is 2.23. The minimum atomic E-state index is 0.801. The summed E-state index contributed by atoms with van der Waals surface area (Å²) >= 11 is 5.61. The van der Waals surface area contributed by atoms with Gasteiger partial charge >= 0.3 is 0 Å². The molecule has 0 amide bonds. The average molecular weight is 217 g/mol. The van der Waals surface area contributed by atoms with Gasteiger partial charge in [-0.05, 0) is 19.1 Å². The molecule has 1 heteroatoms. The Hall–Kier alpha value is -0.490. The van der Waals surface area contributed by atoms with Crippen LogP contribution in [0.5, 0.6) is 0 Å². The van der Waals surface area contributed by atoms with Crippen molar-refractivity contribution in [3.63, 3.8) is 0 Å². The van der Waals surface area contributed by atoms with E-state index in [0.717, 1.165) is 5.02 Å². The van der Waals surface area contributed by atoms with Crippen molar-refractivity contribution in [3.8, 4) is 0 Å². The zero-order valence-electron chi connectivity index (χ0n) is 10.7. The minimum Gasteiger partial charge on any atom is -0.0843 e. The molecule has 0 atom stereocenters. The van der Waals surface area contributed by atoms with Gasteiger partial charge in [-0.1, -0.05) is 70.8 Å². The summed E-state index contributed by atoms with van der Waals surface area (Å²) in [6.45, 7) is 14.0. The highest BCUT2D eigenvalue weighted by molar-refractivity contribution is 6.30. The van der Waals surface area contributed by atoms with E-state index in [0.29, 0.717) is 0 Å². The molecule has 0 aliphatic heterocycles. The summed E-state index contributed by atoms with van der Waals surface area (Å²) in [5, 5.41) is 0.801. The van der Waals surface area contributed by atoms with Gasteiger partial charge in [0, 0.05) is 5.02 Å². The van der Waals surface area contributed by atoms with E-state index in [-0.39, 0.29) is 0 Å². The Bertz CT molecular complexity index is 144. The van der Waals surface area contributed by atoms with Crippen LogP contribution in [-0.4, -0.2) is 0 Å². The summed E-state index contributed by atoms with van der Waals surface area (Å²) in [4.78, 5) is 0. The molecule has 0 radical (unpaired) electrons. The number of hydrogen-bond donors (Lipinski definition) is 0. The number of rotatable bonds is 0. The fourth-order valence-electron chi connectivity index (χ4n) is 0.533. The van der Waals surface area contributed by atoms with Crippen LogP contribution >= 0.6 is 11.6 Å². The third-order valence-corrected chi connectivity index (χ3v) is 1.26. The first-order valence-electron chi connectivity index (χ1n) is 5.51. The molecule has 0 unspecified atom stereocenters. The van der Waals surface area contributed by atoms with Crippen LogP contribution < -0.4 is 0 Å². The van der Waals surface area contributed by atoms with Gasteiger partial charge in [-0.3, -0.25) is 0 Å². The molecule has 0 aliphatic rings. The average Bonchev–Trinajstić information content (AvgIpc) is 2.31. The number of benzene rings is 1. The highest BCUT2D eigenvalue weighted by atomic mass is 35.5. The van der Waals surface area contributed by atoms with Gasteiger partial charge in [0.15, 0.2) is 0 Å². The largest absolute Gasteiger partial charge is 0.0843 e. The molecule has 0 bridgehead atoms. The zero-order valence-corrected chi connectivity index (χ0v) is 11.4. The summed E-state index contributed by atoms with van der Waals surface area (Å²) in [6, 6.07) is 7.75. The van der Waals surface area contributed by atoms with Gasteiger partial charge < -0.3 is 0 Å². The van der Waals surface area contributed by atoms with Crippen molar-refractivity contribution in [1.29, 1.82) is 0 Å². The molecule has 0 spiro atoms. The fraction of sp³-hybridized carbons (Fsp3) is 0.538. The van der Waals surface area contributed by atoms with Crippen molar-refractivity contribution in [2.24, 2.45) is 0 Å². The summed E-state index contributed by atoms with van der Waals surface area (Å²) in [7, 11) is 0. The lowest BCUT2D eigenvalue weighted by Gasteiger charge is -1.88. The van der Waals surface area contributed by atoms with Gasteiger partial charge in [-0.2, -0.15) is 0 Å². The maximum atomic E-state index is 5.61. The summed E-state index contributed by atoms with van der Waals surface area (Å²) < 4.78 is 0. The molecule has 0 N–H and O–H groups in total. The van der Waals surface area contributed by atoms with Gasteiger partial charge in [-0.25, -0.2) is 0 Å². The molecule has 0 saturated carbocycles. The van der Waals surface area contributed by atoms with Crippen LogP contribution in [0.15, 0.2) is 24.3 Å². The third-order valence-electron chi connectivity index (χ3n) is 1.01. The highest BCUT2D eigenvalue weighted by Crippen LogP contribution is 2.07. The Kier molecular flexibility index (Phi) is 25.1. The molecule has 1 aromatic carbocycles. The van der Waals surface area contributed by atoms with Crippen molar-refractivity contribution in [2.75, 3.05) is 0 Å². The van der Waals surface area contributed by atoms with Crippen molar-refractivity contribution in [2.45, 2.75) is 48.5 Å². The second-order valence-electron chi connectivity index (χ2n) is 1.80. The molecule has 0 fully saturated rings. The predicted molar refractivity (Wildman–Crippen MR) is 70.2 cm³/mol. The van der Waals surface area contributed by atoms with Crippen LogP contribution in [0.1, 0.15) is 47.1 Å². The number of halogens is 1. The first-order valence-corrected chi connectivity index (χ1v) is 5.89. The van der Waals surface area contributed by atoms with E-state index in [4.69, 9.17) is 11.6 Å². The molecule has 0 heterocycles. The maximum absolute atomic E-state index is 5.61. The van der Waals surface area contributed by atoms with E-state index in [1.807, 2.05) is 72.7 Å². The van der Waals surface area contributed by atoms with Gasteiger partial charge in [0.1, 0.15) is 0 Å². The van der Waals surface area contributed by atoms with Crippen LogP contribution in [0.25, 0.3) is 0 Å². The molecule has 0 nitrogen and oxygen atoms in total. The monoisotopic (exact) mass is 216 g/mol. The van der Waals surface area contributed by atoms with E-state index >= 15 is 0 Å². The van der Waals surface area contributed by atoms with Crippen molar-refractivity contribution in [1.82, 2.24) is 0 Å². The lowest BCUT2D eigenvalue weighted by Crippen LogP contribution is -1.66. The van der Waals surface area contributed by atoms with Crippen LogP contribution in [0.3, 0.4) is 0 Å². The SMILES string of the molecule is CC.CC.CC.Cc1ccc(Cl)cc1. The molecule has 1 aromatic rings. The fourth-order valence-corrected chi connectivity index (χ4v) is 0.659. The van der Waals surface area contributed by atoms with Gasteiger partial charge in [0.05, 0.1) is 0 Å². The molecular weight excluding hydrogens is 192 g/mol. The van der Waals surface area contributed by atoms with E-state index in [1.54, 1.807) is 0 Å². The Morgan fingerprint density at radius 3 is 1.21 bits per heavy atom. The van der Waals surface area contributed by atoms with Gasteiger partial charge in [0.2, 0.25) is 0 Å². The molecule has 0 aromatic heterocycles. The van der Waals surface area contributed by atoms with E-state index in [1.165, 1.54) is 5.56 Å². The Labute approximate surface area is 95.3 Å². The van der Waals surface area contributed by atoms with E-state index < -0.39 is 0 Å². The summed E-state index contributed by atoms with van der Waals surface area (Å²) in [5.41, 5.74) is 1.24. The maximum Gasteiger partial charge on any atom is 0.0406 e. The molecule has 0 aliphatic carbocycles. The molecule has 0 saturated heterocycles. The highest BCUT2D eigenvalue weighted by Gasteiger charge is 1.81. The van der Waals surface area contributed by atoms with Crippen LogP contribution in [0, 0.1) is 6.92 Å². The first kappa shape index (κ1) is 19.1. The van der Waals surface area contributed by atoms with Crippen LogP contribution in [0.2, 0.25) is 5.02 Å². The Balaban J connectivity index is -0.000000174. The topological polar surface area (TPSA) is 0 Å². The first-order chi connectivity index (χ1) is 6.79. The van der Waals surface area contributed by atoms with E-state index in [2.05, 4.69) is 0 Å². The van der Waals surface area contributed by atoms with Gasteiger partial charge in [0.25, 0.3) is 0 Å².